The lowest BCUT2D eigenvalue weighted by atomic mass is 10.0. The van der Waals surface area contributed by atoms with Crippen molar-refractivity contribution in [3.8, 4) is 0 Å². The maximum absolute atomic E-state index is 13.1. The third kappa shape index (κ3) is 1.14. The first-order valence-corrected chi connectivity index (χ1v) is 3.94. The largest absolute Gasteiger partial charge is 0.478 e. The molecule has 0 saturated heterocycles. The summed E-state index contributed by atoms with van der Waals surface area (Å²) in [7, 11) is 0. The van der Waals surface area contributed by atoms with Gasteiger partial charge in [0.15, 0.2) is 0 Å². The molecule has 0 saturated carbocycles. The van der Waals surface area contributed by atoms with E-state index in [-0.39, 0.29) is 29.1 Å². The average Bonchev–Trinajstić information content (AvgIpc) is 2.47. The van der Waals surface area contributed by atoms with Crippen LogP contribution in [0.25, 0.3) is 0 Å². The molecule has 0 spiro atoms. The average molecular weight is 195 g/mol. The molecule has 0 fully saturated rings. The normalized spacial score (nSPS) is 13.6. The summed E-state index contributed by atoms with van der Waals surface area (Å²) in [5.74, 6) is -2.14. The monoisotopic (exact) mass is 195 g/mol. The number of amides is 1. The van der Waals surface area contributed by atoms with Gasteiger partial charge in [-0.05, 0) is 12.1 Å². The van der Waals surface area contributed by atoms with Gasteiger partial charge in [-0.25, -0.2) is 9.18 Å². The molecule has 2 rings (SSSR count). The van der Waals surface area contributed by atoms with E-state index in [0.717, 1.165) is 12.1 Å². The van der Waals surface area contributed by atoms with Crippen LogP contribution in [0.2, 0.25) is 0 Å². The van der Waals surface area contributed by atoms with E-state index in [0.29, 0.717) is 0 Å². The highest BCUT2D eigenvalue weighted by Gasteiger charge is 2.26. The van der Waals surface area contributed by atoms with E-state index in [2.05, 4.69) is 5.32 Å². The number of anilines is 1. The van der Waals surface area contributed by atoms with Crippen LogP contribution in [-0.2, 0) is 11.2 Å². The Balaban J connectivity index is 2.64. The Labute approximate surface area is 78.4 Å². The Morgan fingerprint density at radius 3 is 2.86 bits per heavy atom. The van der Waals surface area contributed by atoms with Gasteiger partial charge in [-0.1, -0.05) is 0 Å². The maximum Gasteiger partial charge on any atom is 0.336 e. The SMILES string of the molecule is O=C1Cc2c(C(=O)O)ccc(F)c2N1. The fourth-order valence-corrected chi connectivity index (χ4v) is 1.48. The van der Waals surface area contributed by atoms with Gasteiger partial charge in [0.05, 0.1) is 17.7 Å². The quantitative estimate of drug-likeness (QED) is 0.703. The van der Waals surface area contributed by atoms with Crippen LogP contribution >= 0.6 is 0 Å². The van der Waals surface area contributed by atoms with E-state index < -0.39 is 11.8 Å². The first kappa shape index (κ1) is 8.68. The molecule has 1 heterocycles. The van der Waals surface area contributed by atoms with Crippen molar-refractivity contribution in [2.24, 2.45) is 0 Å². The van der Waals surface area contributed by atoms with Crippen LogP contribution in [-0.4, -0.2) is 17.0 Å². The Bertz CT molecular complexity index is 442. The molecule has 0 aliphatic carbocycles. The summed E-state index contributed by atoms with van der Waals surface area (Å²) in [6.07, 6.45) is -0.0747. The van der Waals surface area contributed by atoms with E-state index in [1.807, 2.05) is 0 Å². The second-order valence-electron chi connectivity index (χ2n) is 2.98. The van der Waals surface area contributed by atoms with E-state index in [1.165, 1.54) is 0 Å². The van der Waals surface area contributed by atoms with Crippen molar-refractivity contribution in [3.63, 3.8) is 0 Å². The van der Waals surface area contributed by atoms with Crippen molar-refractivity contribution in [2.75, 3.05) is 5.32 Å². The molecule has 0 radical (unpaired) electrons. The molecule has 1 aliphatic rings. The molecular formula is C9H6FNO3. The highest BCUT2D eigenvalue weighted by molar-refractivity contribution is 6.04. The van der Waals surface area contributed by atoms with Gasteiger partial charge >= 0.3 is 5.97 Å². The minimum atomic E-state index is -1.15. The van der Waals surface area contributed by atoms with Crippen molar-refractivity contribution in [2.45, 2.75) is 6.42 Å². The Morgan fingerprint density at radius 2 is 2.21 bits per heavy atom. The van der Waals surface area contributed by atoms with Gasteiger partial charge in [-0.15, -0.1) is 0 Å². The van der Waals surface area contributed by atoms with Gasteiger partial charge in [-0.3, -0.25) is 4.79 Å². The number of carboxylic acids is 1. The fraction of sp³-hybridized carbons (Fsp3) is 0.111. The molecule has 1 aromatic rings. The molecule has 1 aromatic carbocycles. The first-order valence-electron chi connectivity index (χ1n) is 3.94. The number of carbonyl (C=O) groups excluding carboxylic acids is 1. The van der Waals surface area contributed by atoms with Crippen molar-refractivity contribution in [3.05, 3.63) is 29.1 Å². The van der Waals surface area contributed by atoms with Crippen molar-refractivity contribution < 1.29 is 19.1 Å². The molecule has 0 bridgehead atoms. The molecule has 5 heteroatoms. The lowest BCUT2D eigenvalue weighted by Crippen LogP contribution is -2.04. The minimum Gasteiger partial charge on any atom is -0.478 e. The van der Waals surface area contributed by atoms with Crippen LogP contribution in [0.15, 0.2) is 12.1 Å². The van der Waals surface area contributed by atoms with Crippen molar-refractivity contribution >= 4 is 17.6 Å². The number of halogens is 1. The summed E-state index contributed by atoms with van der Waals surface area (Å²) >= 11 is 0. The number of rotatable bonds is 1. The van der Waals surface area contributed by atoms with Gasteiger partial charge in [-0.2, -0.15) is 0 Å². The third-order valence-electron chi connectivity index (χ3n) is 2.09. The molecule has 72 valence electrons. The van der Waals surface area contributed by atoms with Gasteiger partial charge in [0, 0.05) is 5.56 Å². The summed E-state index contributed by atoms with van der Waals surface area (Å²) in [6.45, 7) is 0. The van der Waals surface area contributed by atoms with Crippen molar-refractivity contribution in [1.29, 1.82) is 0 Å². The lowest BCUT2D eigenvalue weighted by Gasteiger charge is -2.03. The van der Waals surface area contributed by atoms with Crippen molar-refractivity contribution in [1.82, 2.24) is 0 Å². The number of hydrogen-bond acceptors (Lipinski definition) is 2. The number of fused-ring (bicyclic) bond motifs is 1. The lowest BCUT2D eigenvalue weighted by molar-refractivity contribution is -0.115. The molecule has 0 aromatic heterocycles. The van der Waals surface area contributed by atoms with Gasteiger partial charge < -0.3 is 10.4 Å². The van der Waals surface area contributed by atoms with E-state index in [9.17, 15) is 14.0 Å². The van der Waals surface area contributed by atoms with Gasteiger partial charge in [0.25, 0.3) is 0 Å². The molecular weight excluding hydrogens is 189 g/mol. The summed E-state index contributed by atoms with van der Waals surface area (Å²) in [4.78, 5) is 21.7. The second kappa shape index (κ2) is 2.80. The zero-order valence-corrected chi connectivity index (χ0v) is 7.00. The summed E-state index contributed by atoms with van der Waals surface area (Å²) < 4.78 is 13.1. The molecule has 14 heavy (non-hydrogen) atoms. The number of carbonyl (C=O) groups is 2. The summed E-state index contributed by atoms with van der Waals surface area (Å²) in [6, 6.07) is 2.20. The number of hydrogen-bond donors (Lipinski definition) is 2. The molecule has 0 atom stereocenters. The van der Waals surface area contributed by atoms with E-state index >= 15 is 0 Å². The second-order valence-corrected chi connectivity index (χ2v) is 2.98. The zero-order valence-electron chi connectivity index (χ0n) is 7.00. The molecule has 4 nitrogen and oxygen atoms in total. The molecule has 1 aliphatic heterocycles. The Morgan fingerprint density at radius 1 is 1.50 bits per heavy atom. The van der Waals surface area contributed by atoms with Crippen LogP contribution in [0.3, 0.4) is 0 Å². The molecule has 0 unspecified atom stereocenters. The number of aromatic carboxylic acids is 1. The van der Waals surface area contributed by atoms with Crippen LogP contribution in [0.1, 0.15) is 15.9 Å². The molecule has 1 amide bonds. The zero-order chi connectivity index (χ0) is 10.3. The Kier molecular flexibility index (Phi) is 1.73. The molecule has 2 N–H and O–H groups in total. The minimum absolute atomic E-state index is 0.00472. The van der Waals surface area contributed by atoms with Crippen LogP contribution < -0.4 is 5.32 Å². The number of nitrogens with one attached hydrogen (secondary N) is 1. The third-order valence-corrected chi connectivity index (χ3v) is 2.09. The predicted molar refractivity (Wildman–Crippen MR) is 45.7 cm³/mol. The Hall–Kier alpha value is -1.91. The van der Waals surface area contributed by atoms with E-state index in [1.54, 1.807) is 0 Å². The van der Waals surface area contributed by atoms with Crippen LogP contribution in [0.4, 0.5) is 10.1 Å². The van der Waals surface area contributed by atoms with Gasteiger partial charge in [0.1, 0.15) is 5.82 Å². The smallest absolute Gasteiger partial charge is 0.336 e. The van der Waals surface area contributed by atoms with Gasteiger partial charge in [0.2, 0.25) is 5.91 Å². The standard InChI is InChI=1S/C9H6FNO3/c10-6-2-1-4(9(13)14)5-3-7(12)11-8(5)6/h1-2H,3H2,(H,11,12)(H,13,14). The maximum atomic E-state index is 13.1. The van der Waals surface area contributed by atoms with Crippen LogP contribution in [0.5, 0.6) is 0 Å². The summed E-state index contributed by atoms with van der Waals surface area (Å²) in [5, 5.41) is 11.0. The summed E-state index contributed by atoms with van der Waals surface area (Å²) in [5.41, 5.74) is 0.192. The topological polar surface area (TPSA) is 66.4 Å². The highest BCUT2D eigenvalue weighted by atomic mass is 19.1. The number of carboxylic acid groups (broad SMARTS) is 1. The van der Waals surface area contributed by atoms with Crippen LogP contribution in [0, 0.1) is 5.82 Å². The van der Waals surface area contributed by atoms with E-state index in [4.69, 9.17) is 5.11 Å². The highest BCUT2D eigenvalue weighted by Crippen LogP contribution is 2.29. The predicted octanol–water partition coefficient (Wildman–Crippen LogP) is 1.02. The fourth-order valence-electron chi connectivity index (χ4n) is 1.48. The number of benzene rings is 1. The first-order chi connectivity index (χ1) is 6.59.